The first-order chi connectivity index (χ1) is 12.0. The van der Waals surface area contributed by atoms with Crippen molar-refractivity contribution < 1.29 is 23.4 Å². The average Bonchev–Trinajstić information content (AvgIpc) is 2.98. The zero-order chi connectivity index (χ0) is 18.0. The zero-order valence-corrected chi connectivity index (χ0v) is 13.8. The molecule has 0 unspecified atom stereocenters. The summed E-state index contributed by atoms with van der Waals surface area (Å²) in [6.45, 7) is -0.0856. The summed E-state index contributed by atoms with van der Waals surface area (Å²) in [6, 6.07) is 9.45. The van der Waals surface area contributed by atoms with Gasteiger partial charge in [0.25, 0.3) is 0 Å². The SMILES string of the molecule is O=C(O)CCCOc1c(F)cc(-n2ccc3cccc(Cl)c32)cc1F. The fraction of sp³-hybridized carbons (Fsp3) is 0.167. The Bertz CT molecular complexity index is 916. The van der Waals surface area contributed by atoms with Crippen LogP contribution in [0.2, 0.25) is 5.02 Å². The summed E-state index contributed by atoms with van der Waals surface area (Å²) < 4.78 is 35.2. The Labute approximate surface area is 147 Å². The standard InChI is InChI=1S/C18H14ClF2NO3/c19-13-4-1-3-11-6-7-22(17(11)13)12-9-14(20)18(15(21)10-12)25-8-2-5-16(23)24/h1,3-4,6-7,9-10H,2,5,8H2,(H,23,24). The molecule has 0 saturated carbocycles. The summed E-state index contributed by atoms with van der Waals surface area (Å²) in [5, 5.41) is 9.87. The molecule has 4 nitrogen and oxygen atoms in total. The fourth-order valence-electron chi connectivity index (χ4n) is 2.59. The van der Waals surface area contributed by atoms with Crippen LogP contribution in [0.25, 0.3) is 16.6 Å². The van der Waals surface area contributed by atoms with E-state index in [1.165, 1.54) is 0 Å². The normalized spacial score (nSPS) is 11.0. The van der Waals surface area contributed by atoms with Crippen LogP contribution in [0.1, 0.15) is 12.8 Å². The van der Waals surface area contributed by atoms with Gasteiger partial charge in [0.1, 0.15) is 0 Å². The molecule has 1 heterocycles. The summed E-state index contributed by atoms with van der Waals surface area (Å²) in [6.07, 6.45) is 1.71. The fourth-order valence-corrected chi connectivity index (χ4v) is 2.86. The summed E-state index contributed by atoms with van der Waals surface area (Å²) in [5.41, 5.74) is 0.925. The maximum atomic E-state index is 14.3. The number of carboxylic acid groups (broad SMARTS) is 1. The third-order valence-electron chi connectivity index (χ3n) is 3.70. The Morgan fingerprint density at radius 1 is 1.20 bits per heavy atom. The van der Waals surface area contributed by atoms with Crippen molar-refractivity contribution in [3.8, 4) is 11.4 Å². The molecule has 3 rings (SSSR count). The Morgan fingerprint density at radius 3 is 2.60 bits per heavy atom. The lowest BCUT2D eigenvalue weighted by atomic mass is 10.2. The van der Waals surface area contributed by atoms with Crippen LogP contribution < -0.4 is 4.74 Å². The van der Waals surface area contributed by atoms with Gasteiger partial charge in [-0.15, -0.1) is 0 Å². The number of aliphatic carboxylic acids is 1. The van der Waals surface area contributed by atoms with E-state index < -0.39 is 23.4 Å². The molecule has 0 radical (unpaired) electrons. The molecule has 130 valence electrons. The van der Waals surface area contributed by atoms with Gasteiger partial charge in [-0.05, 0) is 18.6 Å². The van der Waals surface area contributed by atoms with E-state index in [0.29, 0.717) is 10.5 Å². The monoisotopic (exact) mass is 365 g/mol. The first kappa shape index (κ1) is 17.2. The molecule has 1 aromatic heterocycles. The van der Waals surface area contributed by atoms with Crippen LogP contribution in [0.4, 0.5) is 8.78 Å². The summed E-state index contributed by atoms with van der Waals surface area (Å²) >= 11 is 6.19. The third kappa shape index (κ3) is 3.58. The van der Waals surface area contributed by atoms with Crippen LogP contribution in [0.15, 0.2) is 42.6 Å². The number of nitrogens with zero attached hydrogens (tertiary/aromatic N) is 1. The Morgan fingerprint density at radius 2 is 1.92 bits per heavy atom. The number of fused-ring (bicyclic) bond motifs is 1. The second-order valence-corrected chi connectivity index (χ2v) is 5.85. The van der Waals surface area contributed by atoms with Crippen LogP contribution in [-0.2, 0) is 4.79 Å². The minimum atomic E-state index is -0.990. The van der Waals surface area contributed by atoms with Gasteiger partial charge in [0.05, 0.1) is 22.8 Å². The number of ether oxygens (including phenoxy) is 1. The van der Waals surface area contributed by atoms with Gasteiger partial charge >= 0.3 is 5.97 Å². The molecule has 0 atom stereocenters. The lowest BCUT2D eigenvalue weighted by molar-refractivity contribution is -0.137. The molecule has 0 aliphatic carbocycles. The van der Waals surface area contributed by atoms with Gasteiger partial charge in [-0.1, -0.05) is 23.7 Å². The van der Waals surface area contributed by atoms with Gasteiger partial charge < -0.3 is 14.4 Å². The summed E-state index contributed by atoms with van der Waals surface area (Å²) in [7, 11) is 0. The predicted molar refractivity (Wildman–Crippen MR) is 90.6 cm³/mol. The van der Waals surface area contributed by atoms with Crippen molar-refractivity contribution in [2.75, 3.05) is 6.61 Å². The Balaban J connectivity index is 1.90. The first-order valence-corrected chi connectivity index (χ1v) is 7.95. The number of para-hydroxylation sites is 1. The molecular formula is C18H14ClF2NO3. The highest BCUT2D eigenvalue weighted by molar-refractivity contribution is 6.35. The van der Waals surface area contributed by atoms with E-state index in [4.69, 9.17) is 21.4 Å². The molecular weight excluding hydrogens is 352 g/mol. The van der Waals surface area contributed by atoms with Crippen LogP contribution in [0.5, 0.6) is 5.75 Å². The van der Waals surface area contributed by atoms with Crippen LogP contribution >= 0.6 is 11.6 Å². The van der Waals surface area contributed by atoms with E-state index >= 15 is 0 Å². The molecule has 25 heavy (non-hydrogen) atoms. The molecule has 0 spiro atoms. The summed E-state index contributed by atoms with van der Waals surface area (Å²) in [5.74, 6) is -3.23. The zero-order valence-electron chi connectivity index (χ0n) is 13.0. The maximum absolute atomic E-state index is 14.3. The van der Waals surface area contributed by atoms with E-state index in [-0.39, 0.29) is 25.1 Å². The lowest BCUT2D eigenvalue weighted by Gasteiger charge is -2.12. The van der Waals surface area contributed by atoms with Crippen molar-refractivity contribution in [1.29, 1.82) is 0 Å². The molecule has 7 heteroatoms. The van der Waals surface area contributed by atoms with E-state index in [2.05, 4.69) is 0 Å². The minimum Gasteiger partial charge on any atom is -0.488 e. The predicted octanol–water partition coefficient (Wildman–Crippen LogP) is 4.81. The number of hydrogen-bond donors (Lipinski definition) is 1. The number of carboxylic acids is 1. The van der Waals surface area contributed by atoms with E-state index in [9.17, 15) is 13.6 Å². The van der Waals surface area contributed by atoms with E-state index in [1.807, 2.05) is 6.07 Å². The molecule has 3 aromatic rings. The highest BCUT2D eigenvalue weighted by Crippen LogP contribution is 2.30. The van der Waals surface area contributed by atoms with Crippen molar-refractivity contribution in [2.24, 2.45) is 0 Å². The first-order valence-electron chi connectivity index (χ1n) is 7.57. The molecule has 0 aliphatic heterocycles. The molecule has 0 amide bonds. The number of rotatable bonds is 6. The topological polar surface area (TPSA) is 51.5 Å². The number of benzene rings is 2. The van der Waals surface area contributed by atoms with Gasteiger partial charge in [-0.2, -0.15) is 0 Å². The molecule has 1 N–H and O–H groups in total. The van der Waals surface area contributed by atoms with Crippen molar-refractivity contribution in [3.05, 3.63) is 59.3 Å². The molecule has 0 bridgehead atoms. The van der Waals surface area contributed by atoms with Gasteiger partial charge in [0.15, 0.2) is 17.4 Å². The van der Waals surface area contributed by atoms with Crippen LogP contribution in [0, 0.1) is 11.6 Å². The van der Waals surface area contributed by atoms with Crippen LogP contribution in [0.3, 0.4) is 0 Å². The quantitative estimate of drug-likeness (QED) is 0.638. The van der Waals surface area contributed by atoms with Gasteiger partial charge in [0.2, 0.25) is 0 Å². The van der Waals surface area contributed by atoms with Gasteiger partial charge in [-0.3, -0.25) is 4.79 Å². The molecule has 0 aliphatic rings. The Hall–Kier alpha value is -2.60. The highest BCUT2D eigenvalue weighted by Gasteiger charge is 2.15. The third-order valence-corrected chi connectivity index (χ3v) is 4.01. The van der Waals surface area contributed by atoms with Gasteiger partial charge in [-0.25, -0.2) is 8.78 Å². The largest absolute Gasteiger partial charge is 0.488 e. The van der Waals surface area contributed by atoms with E-state index in [0.717, 1.165) is 17.5 Å². The number of hydrogen-bond acceptors (Lipinski definition) is 2. The van der Waals surface area contributed by atoms with Crippen molar-refractivity contribution >= 4 is 28.5 Å². The average molecular weight is 366 g/mol. The second kappa shape index (κ2) is 7.11. The minimum absolute atomic E-state index is 0.0856. The number of halogens is 3. The highest BCUT2D eigenvalue weighted by atomic mass is 35.5. The van der Waals surface area contributed by atoms with Gasteiger partial charge in [0, 0.05) is 30.1 Å². The van der Waals surface area contributed by atoms with Crippen LogP contribution in [-0.4, -0.2) is 22.2 Å². The Kier molecular flexibility index (Phi) is 4.90. The number of aromatic nitrogens is 1. The van der Waals surface area contributed by atoms with E-state index in [1.54, 1.807) is 29.0 Å². The molecule has 0 fully saturated rings. The van der Waals surface area contributed by atoms with Crippen molar-refractivity contribution in [2.45, 2.75) is 12.8 Å². The van der Waals surface area contributed by atoms with Crippen molar-refractivity contribution in [3.63, 3.8) is 0 Å². The summed E-state index contributed by atoms with van der Waals surface area (Å²) in [4.78, 5) is 10.4. The molecule has 2 aromatic carbocycles. The lowest BCUT2D eigenvalue weighted by Crippen LogP contribution is -2.05. The van der Waals surface area contributed by atoms with Crippen molar-refractivity contribution in [1.82, 2.24) is 4.57 Å². The second-order valence-electron chi connectivity index (χ2n) is 5.45. The smallest absolute Gasteiger partial charge is 0.303 e. The number of carbonyl (C=O) groups is 1. The maximum Gasteiger partial charge on any atom is 0.303 e. The molecule has 0 saturated heterocycles.